The maximum atomic E-state index is 2.40. The van der Waals surface area contributed by atoms with Crippen molar-refractivity contribution < 1.29 is 0 Å². The Morgan fingerprint density at radius 1 is 0.293 bits per heavy atom. The molecular formula is C41H28. The minimum absolute atomic E-state index is 1.28. The predicted molar refractivity (Wildman–Crippen MR) is 175 cm³/mol. The second kappa shape index (κ2) is 8.05. The molecule has 0 saturated carbocycles. The molecular weight excluding hydrogens is 492 g/mol. The first-order valence-corrected chi connectivity index (χ1v) is 14.5. The van der Waals surface area contributed by atoms with Crippen LogP contribution in [0.2, 0.25) is 0 Å². The lowest BCUT2D eigenvalue weighted by Crippen LogP contribution is -1.88. The van der Waals surface area contributed by atoms with Gasteiger partial charge in [0.2, 0.25) is 0 Å². The quantitative estimate of drug-likeness (QED) is 0.213. The number of hydrogen-bond acceptors (Lipinski definition) is 0. The summed E-state index contributed by atoms with van der Waals surface area (Å²) >= 11 is 0. The Bertz CT molecular complexity index is 2120. The van der Waals surface area contributed by atoms with Gasteiger partial charge in [0.05, 0.1) is 0 Å². The number of aryl methyl sites for hydroxylation is 3. The van der Waals surface area contributed by atoms with Crippen LogP contribution >= 0.6 is 0 Å². The van der Waals surface area contributed by atoms with Crippen molar-refractivity contribution in [1.82, 2.24) is 0 Å². The van der Waals surface area contributed by atoms with Crippen LogP contribution in [0.15, 0.2) is 115 Å². The lowest BCUT2D eigenvalue weighted by Gasteiger charge is -2.14. The highest BCUT2D eigenvalue weighted by atomic mass is 14.3. The molecule has 0 bridgehead atoms. The van der Waals surface area contributed by atoms with Crippen LogP contribution in [-0.4, -0.2) is 0 Å². The number of rotatable bonds is 2. The van der Waals surface area contributed by atoms with Crippen molar-refractivity contribution in [3.63, 3.8) is 0 Å². The minimum atomic E-state index is 1.28. The molecule has 7 aromatic rings. The van der Waals surface area contributed by atoms with E-state index in [0.29, 0.717) is 0 Å². The van der Waals surface area contributed by atoms with Crippen LogP contribution in [0.5, 0.6) is 0 Å². The van der Waals surface area contributed by atoms with Crippen LogP contribution < -0.4 is 0 Å². The molecule has 2 aliphatic carbocycles. The number of benzene rings is 7. The van der Waals surface area contributed by atoms with E-state index in [0.717, 1.165) is 0 Å². The second-order valence-electron chi connectivity index (χ2n) is 12.0. The molecule has 2 aliphatic rings. The first-order chi connectivity index (χ1) is 20.0. The zero-order valence-corrected chi connectivity index (χ0v) is 23.5. The Kier molecular flexibility index (Phi) is 4.49. The van der Waals surface area contributed by atoms with Crippen LogP contribution in [0.3, 0.4) is 0 Å². The summed E-state index contributed by atoms with van der Waals surface area (Å²) in [5.41, 5.74) is 19.9. The standard InChI is InChI=1S/C41H28/c1-23-10-12-30-36-16-14-28(32-6-4-8-34(40(32)36)38(30)20-23)26-18-25(3)19-27(22-26)29-15-17-37-31-13-11-24(2)21-39(31)35-9-5-7-33(29)41(35)37/h4-22H,1-3H3. The summed E-state index contributed by atoms with van der Waals surface area (Å²) in [5, 5.41) is 5.42. The van der Waals surface area contributed by atoms with Gasteiger partial charge in [0.15, 0.2) is 0 Å². The summed E-state index contributed by atoms with van der Waals surface area (Å²) < 4.78 is 0. The molecule has 0 nitrogen and oxygen atoms in total. The lowest BCUT2D eigenvalue weighted by atomic mass is 9.89. The molecule has 192 valence electrons. The van der Waals surface area contributed by atoms with Gasteiger partial charge in [-0.15, -0.1) is 0 Å². The maximum Gasteiger partial charge on any atom is -0.00201 e. The average molecular weight is 521 g/mol. The van der Waals surface area contributed by atoms with Gasteiger partial charge in [0.1, 0.15) is 0 Å². The highest BCUT2D eigenvalue weighted by Gasteiger charge is 2.24. The Labute approximate surface area is 240 Å². The van der Waals surface area contributed by atoms with Crippen molar-refractivity contribution in [3.05, 3.63) is 132 Å². The molecule has 0 heteroatoms. The van der Waals surface area contributed by atoms with Gasteiger partial charge in [-0.05, 0) is 121 Å². The van der Waals surface area contributed by atoms with Crippen molar-refractivity contribution >= 4 is 21.5 Å². The SMILES string of the molecule is Cc1cc(-c2ccc3c4c(cccc24)-c2cc(C)ccc2-3)cc(-c2ccc3c4c(cccc24)-c2cc(C)ccc2-3)c1. The van der Waals surface area contributed by atoms with Crippen LogP contribution in [0.4, 0.5) is 0 Å². The molecule has 0 aliphatic heterocycles. The van der Waals surface area contributed by atoms with Gasteiger partial charge >= 0.3 is 0 Å². The molecule has 0 unspecified atom stereocenters. The normalized spacial score (nSPS) is 12.3. The molecule has 0 N–H and O–H groups in total. The average Bonchev–Trinajstić information content (AvgIpc) is 3.47. The molecule has 0 fully saturated rings. The van der Waals surface area contributed by atoms with Crippen molar-refractivity contribution in [1.29, 1.82) is 0 Å². The number of fused-ring (bicyclic) bond motifs is 6. The third kappa shape index (κ3) is 3.11. The third-order valence-corrected chi connectivity index (χ3v) is 9.29. The zero-order chi connectivity index (χ0) is 27.4. The van der Waals surface area contributed by atoms with Gasteiger partial charge in [-0.1, -0.05) is 120 Å². The Balaban J connectivity index is 1.25. The smallest absolute Gasteiger partial charge is 0.00201 e. The predicted octanol–water partition coefficient (Wildman–Crippen LogP) is 11.5. The van der Waals surface area contributed by atoms with E-state index < -0.39 is 0 Å². The van der Waals surface area contributed by atoms with E-state index in [1.54, 1.807) is 0 Å². The fraction of sp³-hybridized carbons (Fsp3) is 0.0732. The summed E-state index contributed by atoms with van der Waals surface area (Å²) in [5.74, 6) is 0. The van der Waals surface area contributed by atoms with Crippen LogP contribution in [0, 0.1) is 20.8 Å². The molecule has 7 aromatic carbocycles. The molecule has 0 heterocycles. The first-order valence-electron chi connectivity index (χ1n) is 14.5. The van der Waals surface area contributed by atoms with Crippen molar-refractivity contribution in [2.75, 3.05) is 0 Å². The van der Waals surface area contributed by atoms with Gasteiger partial charge in [0.25, 0.3) is 0 Å². The summed E-state index contributed by atoms with van der Waals surface area (Å²) in [4.78, 5) is 0. The maximum absolute atomic E-state index is 2.40. The van der Waals surface area contributed by atoms with E-state index >= 15 is 0 Å². The third-order valence-electron chi connectivity index (χ3n) is 9.29. The fourth-order valence-electron chi connectivity index (χ4n) is 7.54. The Morgan fingerprint density at radius 2 is 0.707 bits per heavy atom. The molecule has 0 saturated heterocycles. The van der Waals surface area contributed by atoms with E-state index in [4.69, 9.17) is 0 Å². The Morgan fingerprint density at radius 3 is 1.20 bits per heavy atom. The largest absolute Gasteiger partial charge is 0.0610 e. The lowest BCUT2D eigenvalue weighted by molar-refractivity contribution is 1.47. The van der Waals surface area contributed by atoms with E-state index in [9.17, 15) is 0 Å². The Hall–Kier alpha value is -4.94. The van der Waals surface area contributed by atoms with E-state index in [2.05, 4.69) is 136 Å². The minimum Gasteiger partial charge on any atom is -0.0610 e. The van der Waals surface area contributed by atoms with E-state index in [1.807, 2.05) is 0 Å². The van der Waals surface area contributed by atoms with Crippen molar-refractivity contribution in [2.45, 2.75) is 20.8 Å². The fourth-order valence-corrected chi connectivity index (χ4v) is 7.54. The molecule has 9 rings (SSSR count). The molecule has 0 spiro atoms. The van der Waals surface area contributed by atoms with Crippen LogP contribution in [-0.2, 0) is 0 Å². The molecule has 0 aromatic heterocycles. The molecule has 0 radical (unpaired) electrons. The first kappa shape index (κ1) is 22.8. The topological polar surface area (TPSA) is 0 Å². The highest BCUT2D eigenvalue weighted by molar-refractivity contribution is 6.20. The van der Waals surface area contributed by atoms with Crippen LogP contribution in [0.1, 0.15) is 16.7 Å². The van der Waals surface area contributed by atoms with E-state index in [-0.39, 0.29) is 0 Å². The zero-order valence-electron chi connectivity index (χ0n) is 23.5. The van der Waals surface area contributed by atoms with Crippen molar-refractivity contribution in [2.24, 2.45) is 0 Å². The molecule has 41 heavy (non-hydrogen) atoms. The number of hydrogen-bond donors (Lipinski definition) is 0. The molecule has 0 atom stereocenters. The van der Waals surface area contributed by atoms with Crippen molar-refractivity contribution in [3.8, 4) is 66.8 Å². The van der Waals surface area contributed by atoms with Crippen LogP contribution in [0.25, 0.3) is 88.3 Å². The summed E-state index contributed by atoms with van der Waals surface area (Å²) in [6.45, 7) is 6.59. The van der Waals surface area contributed by atoms with Gasteiger partial charge in [0, 0.05) is 0 Å². The summed E-state index contributed by atoms with van der Waals surface area (Å²) in [6.07, 6.45) is 0. The monoisotopic (exact) mass is 520 g/mol. The van der Waals surface area contributed by atoms with Gasteiger partial charge in [-0.3, -0.25) is 0 Å². The summed E-state index contributed by atoms with van der Waals surface area (Å²) in [6, 6.07) is 43.8. The molecule has 0 amide bonds. The highest BCUT2D eigenvalue weighted by Crippen LogP contribution is 2.51. The second-order valence-corrected chi connectivity index (χ2v) is 12.0. The summed E-state index contributed by atoms with van der Waals surface area (Å²) in [7, 11) is 0. The van der Waals surface area contributed by atoms with E-state index in [1.165, 1.54) is 105 Å². The van der Waals surface area contributed by atoms with Gasteiger partial charge < -0.3 is 0 Å². The van der Waals surface area contributed by atoms with Gasteiger partial charge in [-0.25, -0.2) is 0 Å². The van der Waals surface area contributed by atoms with Gasteiger partial charge in [-0.2, -0.15) is 0 Å².